The third-order valence-corrected chi connectivity index (χ3v) is 3.66. The Morgan fingerprint density at radius 3 is 2.65 bits per heavy atom. The molecule has 100 valence electrons. The van der Waals surface area contributed by atoms with Gasteiger partial charge in [-0.15, -0.1) is 0 Å². The second-order valence-corrected chi connectivity index (χ2v) is 4.84. The van der Waals surface area contributed by atoms with Crippen molar-refractivity contribution in [3.05, 3.63) is 63.9 Å². The zero-order valence-electron chi connectivity index (χ0n) is 10.2. The van der Waals surface area contributed by atoms with E-state index in [4.69, 9.17) is 9.15 Å². The van der Waals surface area contributed by atoms with E-state index in [1.807, 2.05) is 12.1 Å². The summed E-state index contributed by atoms with van der Waals surface area (Å²) in [6.45, 7) is 0. The molecule has 2 N–H and O–H groups in total. The third-order valence-electron chi connectivity index (χ3n) is 3.66. The fraction of sp³-hybridized carbons (Fsp3) is 0.133. The van der Waals surface area contributed by atoms with Crippen LogP contribution in [0.4, 0.5) is 0 Å². The molecule has 5 heteroatoms. The first-order valence-electron chi connectivity index (χ1n) is 6.19. The Labute approximate surface area is 113 Å². The van der Waals surface area contributed by atoms with E-state index >= 15 is 0 Å². The maximum atomic E-state index is 12.1. The summed E-state index contributed by atoms with van der Waals surface area (Å²) < 4.78 is 11.1. The van der Waals surface area contributed by atoms with Gasteiger partial charge in [0.2, 0.25) is 0 Å². The molecule has 1 aromatic heterocycles. The molecule has 1 aromatic carbocycles. The van der Waals surface area contributed by atoms with Crippen LogP contribution in [0.3, 0.4) is 0 Å². The molecule has 1 aliphatic heterocycles. The van der Waals surface area contributed by atoms with Gasteiger partial charge in [-0.1, -0.05) is 12.1 Å². The van der Waals surface area contributed by atoms with Crippen molar-refractivity contribution >= 4 is 11.0 Å². The highest BCUT2D eigenvalue weighted by Crippen LogP contribution is 2.44. The minimum absolute atomic E-state index is 0.243. The van der Waals surface area contributed by atoms with E-state index in [1.54, 1.807) is 12.1 Å². The van der Waals surface area contributed by atoms with Gasteiger partial charge >= 0.3 is 5.63 Å². The first kappa shape index (κ1) is 11.2. The quantitative estimate of drug-likeness (QED) is 0.719. The standard InChI is InChI=1S/C15H10O5/c16-9-5-8-12(6-10(9)17)19-14-7-3-1-2-4-11(7)20-15(18)13(8)14/h1-6,8,12,16-17H. The lowest BCUT2D eigenvalue weighted by Gasteiger charge is -2.17. The van der Waals surface area contributed by atoms with Gasteiger partial charge in [-0.05, 0) is 18.2 Å². The Hall–Kier alpha value is -2.69. The van der Waals surface area contributed by atoms with Crippen LogP contribution in [-0.2, 0) is 0 Å². The molecule has 2 aromatic rings. The Morgan fingerprint density at radius 1 is 1.05 bits per heavy atom. The van der Waals surface area contributed by atoms with E-state index in [2.05, 4.69) is 0 Å². The van der Waals surface area contributed by atoms with Crippen LogP contribution >= 0.6 is 0 Å². The summed E-state index contributed by atoms with van der Waals surface area (Å²) in [4.78, 5) is 12.1. The molecule has 0 fully saturated rings. The van der Waals surface area contributed by atoms with E-state index in [0.29, 0.717) is 22.3 Å². The molecule has 0 spiro atoms. The molecular formula is C15H10O5. The highest BCUT2D eigenvalue weighted by Gasteiger charge is 2.39. The molecule has 0 radical (unpaired) electrons. The zero-order chi connectivity index (χ0) is 13.9. The largest absolute Gasteiger partial charge is 0.504 e. The van der Waals surface area contributed by atoms with E-state index in [9.17, 15) is 15.0 Å². The summed E-state index contributed by atoms with van der Waals surface area (Å²) in [6.07, 6.45) is 2.31. The Kier molecular flexibility index (Phi) is 2.04. The molecule has 1 aliphatic carbocycles. The number of aliphatic hydroxyl groups is 2. The molecule has 20 heavy (non-hydrogen) atoms. The second kappa shape index (κ2) is 3.66. The molecule has 2 atom stereocenters. The molecule has 2 unspecified atom stereocenters. The Balaban J connectivity index is 2.02. The van der Waals surface area contributed by atoms with Crippen molar-refractivity contribution in [1.82, 2.24) is 0 Å². The van der Waals surface area contributed by atoms with Crippen molar-refractivity contribution < 1.29 is 19.4 Å². The van der Waals surface area contributed by atoms with Gasteiger partial charge in [-0.3, -0.25) is 0 Å². The minimum Gasteiger partial charge on any atom is -0.504 e. The zero-order valence-corrected chi connectivity index (χ0v) is 10.2. The molecule has 2 aliphatic rings. The van der Waals surface area contributed by atoms with Gasteiger partial charge < -0.3 is 19.4 Å². The maximum absolute atomic E-state index is 12.1. The first-order valence-corrected chi connectivity index (χ1v) is 6.19. The number of para-hydroxylation sites is 1. The van der Waals surface area contributed by atoms with Crippen LogP contribution in [0.5, 0.6) is 5.75 Å². The lowest BCUT2D eigenvalue weighted by atomic mass is 9.91. The van der Waals surface area contributed by atoms with Crippen LogP contribution in [-0.4, -0.2) is 16.3 Å². The van der Waals surface area contributed by atoms with E-state index in [0.717, 1.165) is 0 Å². The SMILES string of the molecule is O=c1oc2ccccc2c2c1C1C=C(O)C(O)=CC1O2. The van der Waals surface area contributed by atoms with Crippen molar-refractivity contribution in [1.29, 1.82) is 0 Å². The summed E-state index contributed by atoms with van der Waals surface area (Å²) in [7, 11) is 0. The Morgan fingerprint density at radius 2 is 1.80 bits per heavy atom. The minimum atomic E-state index is -0.505. The molecule has 5 nitrogen and oxygen atoms in total. The van der Waals surface area contributed by atoms with Crippen molar-refractivity contribution in [2.75, 3.05) is 0 Å². The number of hydrogen-bond donors (Lipinski definition) is 2. The van der Waals surface area contributed by atoms with E-state index < -0.39 is 17.6 Å². The molecule has 0 saturated carbocycles. The predicted octanol–water partition coefficient (Wildman–Crippen LogP) is 2.54. The fourth-order valence-electron chi connectivity index (χ4n) is 2.74. The Bertz CT molecular complexity index is 843. The number of aliphatic hydroxyl groups excluding tert-OH is 2. The van der Waals surface area contributed by atoms with Gasteiger partial charge in [0.15, 0.2) is 11.5 Å². The third kappa shape index (κ3) is 1.34. The molecule has 0 saturated heterocycles. The second-order valence-electron chi connectivity index (χ2n) is 4.84. The van der Waals surface area contributed by atoms with Gasteiger partial charge in [-0.2, -0.15) is 0 Å². The van der Waals surface area contributed by atoms with Crippen molar-refractivity contribution in [3.8, 4) is 5.75 Å². The van der Waals surface area contributed by atoms with Crippen LogP contribution in [0, 0.1) is 0 Å². The summed E-state index contributed by atoms with van der Waals surface area (Å²) in [5.41, 5.74) is 0.352. The number of rotatable bonds is 0. The predicted molar refractivity (Wildman–Crippen MR) is 71.1 cm³/mol. The fourth-order valence-corrected chi connectivity index (χ4v) is 2.74. The van der Waals surface area contributed by atoms with Crippen molar-refractivity contribution in [2.45, 2.75) is 12.0 Å². The maximum Gasteiger partial charge on any atom is 0.344 e. The van der Waals surface area contributed by atoms with Crippen LogP contribution in [0.2, 0.25) is 0 Å². The summed E-state index contributed by atoms with van der Waals surface area (Å²) in [5.74, 6) is -0.480. The van der Waals surface area contributed by atoms with Gasteiger partial charge in [0, 0.05) is 6.08 Å². The highest BCUT2D eigenvalue weighted by atomic mass is 16.5. The average Bonchev–Trinajstić information content (AvgIpc) is 2.79. The lowest BCUT2D eigenvalue weighted by molar-refractivity contribution is 0.243. The molecule has 2 heterocycles. The van der Waals surface area contributed by atoms with Crippen molar-refractivity contribution in [2.24, 2.45) is 0 Å². The monoisotopic (exact) mass is 270 g/mol. The summed E-state index contributed by atoms with van der Waals surface area (Å²) >= 11 is 0. The lowest BCUT2D eigenvalue weighted by Crippen LogP contribution is -2.21. The number of ether oxygens (including phenoxy) is 1. The van der Waals surface area contributed by atoms with Gasteiger partial charge in [0.1, 0.15) is 17.4 Å². The van der Waals surface area contributed by atoms with Crippen LogP contribution in [0.1, 0.15) is 11.5 Å². The van der Waals surface area contributed by atoms with E-state index in [1.165, 1.54) is 12.2 Å². The van der Waals surface area contributed by atoms with Crippen molar-refractivity contribution in [3.63, 3.8) is 0 Å². The summed E-state index contributed by atoms with van der Waals surface area (Å²) in [6, 6.07) is 7.11. The van der Waals surface area contributed by atoms with Gasteiger partial charge in [-0.25, -0.2) is 4.79 Å². The number of hydrogen-bond acceptors (Lipinski definition) is 5. The topological polar surface area (TPSA) is 79.9 Å². The van der Waals surface area contributed by atoms with Crippen LogP contribution in [0.15, 0.2) is 57.1 Å². The molecular weight excluding hydrogens is 260 g/mol. The van der Waals surface area contributed by atoms with Crippen LogP contribution < -0.4 is 10.4 Å². The van der Waals surface area contributed by atoms with Crippen LogP contribution in [0.25, 0.3) is 11.0 Å². The van der Waals surface area contributed by atoms with E-state index in [-0.39, 0.29) is 11.5 Å². The number of benzene rings is 1. The molecule has 0 amide bonds. The average molecular weight is 270 g/mol. The molecule has 4 rings (SSSR count). The van der Waals surface area contributed by atoms with Gasteiger partial charge in [0.05, 0.1) is 16.9 Å². The molecule has 0 bridgehead atoms. The summed E-state index contributed by atoms with van der Waals surface area (Å²) in [5, 5.41) is 19.9. The number of fused-ring (bicyclic) bond motifs is 5. The normalized spacial score (nSPS) is 23.6. The first-order chi connectivity index (χ1) is 9.65. The smallest absolute Gasteiger partial charge is 0.344 e. The highest BCUT2D eigenvalue weighted by molar-refractivity contribution is 5.85. The van der Waals surface area contributed by atoms with Gasteiger partial charge in [0.25, 0.3) is 0 Å².